The lowest BCUT2D eigenvalue weighted by molar-refractivity contribution is 1.09. The number of benzene rings is 2. The van der Waals surface area contributed by atoms with Gasteiger partial charge in [-0.3, -0.25) is 0 Å². The fourth-order valence-electron chi connectivity index (χ4n) is 1.64. The molecule has 0 fully saturated rings. The molecule has 2 aromatic carbocycles. The van der Waals surface area contributed by atoms with Gasteiger partial charge >= 0.3 is 0 Å². The third-order valence-corrected chi connectivity index (χ3v) is 3.76. The Hall–Kier alpha value is -2.04. The Balaban J connectivity index is 1.79. The zero-order chi connectivity index (χ0) is 13.8. The normalized spacial score (nSPS) is 11.1. The zero-order valence-corrected chi connectivity index (χ0v) is 12.0. The Morgan fingerprint density at radius 2 is 1.70 bits per heavy atom. The van der Waals surface area contributed by atoms with Crippen LogP contribution < -0.4 is 0 Å². The Labute approximate surface area is 125 Å². The van der Waals surface area contributed by atoms with Crippen molar-refractivity contribution in [1.82, 2.24) is 10.2 Å². The van der Waals surface area contributed by atoms with Crippen LogP contribution in [0.4, 0.5) is 5.13 Å². The van der Waals surface area contributed by atoms with Gasteiger partial charge in [0.15, 0.2) is 0 Å². The molecule has 0 aliphatic heterocycles. The molecule has 0 aliphatic rings. The van der Waals surface area contributed by atoms with Crippen LogP contribution in [0.1, 0.15) is 5.56 Å². The largest absolute Gasteiger partial charge is 0.231 e. The maximum atomic E-state index is 5.84. The zero-order valence-electron chi connectivity index (χ0n) is 10.4. The Morgan fingerprint density at radius 3 is 2.45 bits per heavy atom. The second-order valence-electron chi connectivity index (χ2n) is 4.07. The van der Waals surface area contributed by atoms with Crippen molar-refractivity contribution in [2.75, 3.05) is 0 Å². The van der Waals surface area contributed by atoms with Gasteiger partial charge in [0.1, 0.15) is 5.01 Å². The molecule has 0 amide bonds. The maximum Gasteiger partial charge on any atom is 0.231 e. The second kappa shape index (κ2) is 5.94. The third-order valence-electron chi connectivity index (χ3n) is 2.63. The molecular formula is C15H10ClN3S. The summed E-state index contributed by atoms with van der Waals surface area (Å²) in [5.41, 5.74) is 2.03. The van der Waals surface area contributed by atoms with Gasteiger partial charge in [0.25, 0.3) is 0 Å². The highest BCUT2D eigenvalue weighted by Gasteiger charge is 2.04. The predicted octanol–water partition coefficient (Wildman–Crippen LogP) is 4.61. The molecule has 0 radical (unpaired) electrons. The van der Waals surface area contributed by atoms with E-state index in [0.29, 0.717) is 10.2 Å². The molecule has 0 aliphatic carbocycles. The second-order valence-corrected chi connectivity index (χ2v) is 5.46. The quantitative estimate of drug-likeness (QED) is 0.662. The SMILES string of the molecule is Clc1ccc(C=Nc2nnc(-c3ccccc3)s2)cc1. The fourth-order valence-corrected chi connectivity index (χ4v) is 2.47. The first-order chi connectivity index (χ1) is 9.81. The maximum absolute atomic E-state index is 5.84. The lowest BCUT2D eigenvalue weighted by atomic mass is 10.2. The van der Waals surface area contributed by atoms with Crippen molar-refractivity contribution in [3.05, 3.63) is 65.2 Å². The van der Waals surface area contributed by atoms with Crippen LogP contribution in [0, 0.1) is 0 Å². The first kappa shape index (κ1) is 13.0. The van der Waals surface area contributed by atoms with Gasteiger partial charge in [-0.25, -0.2) is 4.99 Å². The van der Waals surface area contributed by atoms with Crippen molar-refractivity contribution >= 4 is 34.3 Å². The van der Waals surface area contributed by atoms with Crippen LogP contribution in [0.15, 0.2) is 59.6 Å². The van der Waals surface area contributed by atoms with E-state index in [1.807, 2.05) is 54.6 Å². The molecule has 5 heteroatoms. The van der Waals surface area contributed by atoms with Crippen LogP contribution in [0.3, 0.4) is 0 Å². The van der Waals surface area contributed by atoms with E-state index in [0.717, 1.165) is 16.1 Å². The molecule has 0 bridgehead atoms. The highest BCUT2D eigenvalue weighted by molar-refractivity contribution is 7.18. The van der Waals surface area contributed by atoms with E-state index in [2.05, 4.69) is 15.2 Å². The minimum absolute atomic E-state index is 0.638. The summed E-state index contributed by atoms with van der Waals surface area (Å²) < 4.78 is 0. The molecule has 0 unspecified atom stereocenters. The van der Waals surface area contributed by atoms with Gasteiger partial charge in [0.2, 0.25) is 5.13 Å². The van der Waals surface area contributed by atoms with Gasteiger partial charge in [-0.1, -0.05) is 65.4 Å². The molecule has 3 nitrogen and oxygen atoms in total. The number of rotatable bonds is 3. The van der Waals surface area contributed by atoms with Crippen LogP contribution in [0.25, 0.3) is 10.6 Å². The molecule has 20 heavy (non-hydrogen) atoms. The number of hydrogen-bond donors (Lipinski definition) is 0. The summed E-state index contributed by atoms with van der Waals surface area (Å²) in [7, 11) is 0. The summed E-state index contributed by atoms with van der Waals surface area (Å²) in [6, 6.07) is 17.4. The van der Waals surface area contributed by atoms with E-state index in [4.69, 9.17) is 11.6 Å². The van der Waals surface area contributed by atoms with Crippen LogP contribution in [0.5, 0.6) is 0 Å². The van der Waals surface area contributed by atoms with Crippen molar-refractivity contribution in [3.63, 3.8) is 0 Å². The van der Waals surface area contributed by atoms with E-state index in [-0.39, 0.29) is 0 Å². The van der Waals surface area contributed by atoms with Gasteiger partial charge in [0, 0.05) is 16.8 Å². The van der Waals surface area contributed by atoms with Gasteiger partial charge < -0.3 is 0 Å². The lowest BCUT2D eigenvalue weighted by Gasteiger charge is -1.92. The van der Waals surface area contributed by atoms with Gasteiger partial charge in [-0.2, -0.15) is 0 Å². The predicted molar refractivity (Wildman–Crippen MR) is 84.1 cm³/mol. The van der Waals surface area contributed by atoms with Crippen molar-refractivity contribution in [2.24, 2.45) is 4.99 Å². The minimum Gasteiger partial charge on any atom is -0.226 e. The molecule has 1 heterocycles. The Kier molecular flexibility index (Phi) is 3.85. The Morgan fingerprint density at radius 1 is 0.950 bits per heavy atom. The molecule has 0 saturated heterocycles. The summed E-state index contributed by atoms with van der Waals surface area (Å²) in [5.74, 6) is 0. The summed E-state index contributed by atoms with van der Waals surface area (Å²) in [6.45, 7) is 0. The van der Waals surface area contributed by atoms with E-state index in [1.165, 1.54) is 11.3 Å². The number of hydrogen-bond acceptors (Lipinski definition) is 4. The van der Waals surface area contributed by atoms with Crippen molar-refractivity contribution < 1.29 is 0 Å². The smallest absolute Gasteiger partial charge is 0.226 e. The van der Waals surface area contributed by atoms with Gasteiger partial charge in [0.05, 0.1) is 0 Å². The Bertz CT molecular complexity index is 720. The van der Waals surface area contributed by atoms with Crippen molar-refractivity contribution in [2.45, 2.75) is 0 Å². The van der Waals surface area contributed by atoms with E-state index >= 15 is 0 Å². The number of halogens is 1. The summed E-state index contributed by atoms with van der Waals surface area (Å²) in [5, 5.41) is 10.4. The molecule has 1 aromatic heterocycles. The molecular weight excluding hydrogens is 290 g/mol. The number of aliphatic imine (C=N–C) groups is 1. The summed E-state index contributed by atoms with van der Waals surface area (Å²) in [6.07, 6.45) is 1.76. The first-order valence-corrected chi connectivity index (χ1v) is 7.19. The average Bonchev–Trinajstić information content (AvgIpc) is 2.97. The van der Waals surface area contributed by atoms with Crippen LogP contribution in [-0.4, -0.2) is 16.4 Å². The molecule has 0 spiro atoms. The first-order valence-electron chi connectivity index (χ1n) is 6.00. The fraction of sp³-hybridized carbons (Fsp3) is 0. The molecule has 98 valence electrons. The van der Waals surface area contributed by atoms with Crippen molar-refractivity contribution in [3.8, 4) is 10.6 Å². The summed E-state index contributed by atoms with van der Waals surface area (Å²) in [4.78, 5) is 4.33. The van der Waals surface area contributed by atoms with Gasteiger partial charge in [-0.15, -0.1) is 10.2 Å². The van der Waals surface area contributed by atoms with Gasteiger partial charge in [-0.05, 0) is 17.7 Å². The third kappa shape index (κ3) is 3.10. The van der Waals surface area contributed by atoms with Crippen molar-refractivity contribution in [1.29, 1.82) is 0 Å². The van der Waals surface area contributed by atoms with Crippen LogP contribution in [-0.2, 0) is 0 Å². The molecule has 3 aromatic rings. The van der Waals surface area contributed by atoms with E-state index in [9.17, 15) is 0 Å². The average molecular weight is 300 g/mol. The minimum atomic E-state index is 0.638. The van der Waals surface area contributed by atoms with E-state index in [1.54, 1.807) is 6.21 Å². The number of nitrogens with zero attached hydrogens (tertiary/aromatic N) is 3. The van der Waals surface area contributed by atoms with Crippen LogP contribution in [0.2, 0.25) is 5.02 Å². The summed E-state index contributed by atoms with van der Waals surface area (Å²) >= 11 is 7.30. The topological polar surface area (TPSA) is 38.1 Å². The standard InChI is InChI=1S/C15H10ClN3S/c16-13-8-6-11(7-9-13)10-17-15-19-18-14(20-15)12-4-2-1-3-5-12/h1-10H. The lowest BCUT2D eigenvalue weighted by Crippen LogP contribution is -1.78. The monoisotopic (exact) mass is 299 g/mol. The van der Waals surface area contributed by atoms with Crippen LogP contribution >= 0.6 is 22.9 Å². The molecule has 0 atom stereocenters. The molecule has 0 N–H and O–H groups in total. The highest BCUT2D eigenvalue weighted by atomic mass is 35.5. The number of aromatic nitrogens is 2. The highest BCUT2D eigenvalue weighted by Crippen LogP contribution is 2.27. The molecule has 3 rings (SSSR count). The van der Waals surface area contributed by atoms with E-state index < -0.39 is 0 Å². The molecule has 0 saturated carbocycles.